The van der Waals surface area contributed by atoms with E-state index in [0.29, 0.717) is 0 Å². The highest BCUT2D eigenvalue weighted by Gasteiger charge is 2.35. The van der Waals surface area contributed by atoms with Gasteiger partial charge in [0.15, 0.2) is 0 Å². The van der Waals surface area contributed by atoms with Crippen LogP contribution in [-0.4, -0.2) is 58.8 Å². The maximum Gasteiger partial charge on any atom is 0.410 e. The quantitative estimate of drug-likeness (QED) is 0.517. The number of hydrogen-bond donors (Lipinski definition) is 2. The van der Waals surface area contributed by atoms with E-state index in [-0.39, 0.29) is 31.2 Å². The average molecular weight is 454 g/mol. The smallest absolute Gasteiger partial charge is 0.410 e. The number of piperidine rings is 1. The molecule has 2 N–H and O–H groups in total. The summed E-state index contributed by atoms with van der Waals surface area (Å²) in [6.45, 7) is 5.05. The molecule has 11 heteroatoms. The fraction of sp³-hybridized carbons (Fsp3) is 0.619. The number of nitrogens with one attached hydrogen (secondary N) is 2. The van der Waals surface area contributed by atoms with E-state index in [2.05, 4.69) is 10.6 Å². The van der Waals surface area contributed by atoms with Crippen molar-refractivity contribution in [3.8, 4) is 0 Å². The van der Waals surface area contributed by atoms with Crippen LogP contribution in [-0.2, 0) is 4.74 Å². The topological polar surface area (TPSA) is 114 Å². The Hall–Kier alpha value is -2.98. The molecule has 2 fully saturated rings. The Morgan fingerprint density at radius 3 is 2.50 bits per heavy atom. The van der Waals surface area contributed by atoms with Crippen molar-refractivity contribution in [2.75, 3.05) is 18.4 Å². The molecule has 1 aromatic carbocycles. The van der Waals surface area contributed by atoms with Gasteiger partial charge in [0.2, 0.25) is 0 Å². The van der Waals surface area contributed by atoms with Gasteiger partial charge in [-0.15, -0.1) is 0 Å². The highest BCUT2D eigenvalue weighted by Crippen LogP contribution is 2.32. The second-order valence-electron chi connectivity index (χ2n) is 9.19. The molecule has 2 amide bonds. The SMILES string of the molecule is CC(C)(C)OC(=O)N1CC[C@H](F)[C@@H](NC(=O)c2cc([N+](=O)[O-])c(NC3CCC3)cc2F)C1. The molecule has 32 heavy (non-hydrogen) atoms. The first-order valence-corrected chi connectivity index (χ1v) is 10.6. The van der Waals surface area contributed by atoms with Crippen molar-refractivity contribution >= 4 is 23.4 Å². The van der Waals surface area contributed by atoms with Crippen LogP contribution < -0.4 is 10.6 Å². The van der Waals surface area contributed by atoms with E-state index in [9.17, 15) is 28.5 Å². The van der Waals surface area contributed by atoms with Gasteiger partial charge in [-0.1, -0.05) is 0 Å². The van der Waals surface area contributed by atoms with Crippen LogP contribution in [0.25, 0.3) is 0 Å². The number of nitro benzene ring substituents is 1. The van der Waals surface area contributed by atoms with E-state index in [1.165, 1.54) is 4.90 Å². The van der Waals surface area contributed by atoms with Crippen LogP contribution in [0.2, 0.25) is 0 Å². The second kappa shape index (κ2) is 9.25. The molecule has 3 rings (SSSR count). The summed E-state index contributed by atoms with van der Waals surface area (Å²) >= 11 is 0. The number of carbonyl (C=O) groups excluding carboxylic acids is 2. The first kappa shape index (κ1) is 23.7. The Bertz CT molecular complexity index is 901. The number of rotatable bonds is 5. The fourth-order valence-corrected chi connectivity index (χ4v) is 3.57. The highest BCUT2D eigenvalue weighted by atomic mass is 19.1. The Labute approximate surface area is 184 Å². The number of amides is 2. The maximum absolute atomic E-state index is 14.7. The Morgan fingerprint density at radius 2 is 1.94 bits per heavy atom. The van der Waals surface area contributed by atoms with Crippen LogP contribution in [0.15, 0.2) is 12.1 Å². The van der Waals surface area contributed by atoms with E-state index in [4.69, 9.17) is 4.74 Å². The number of alkyl halides is 1. The molecule has 1 aliphatic carbocycles. The molecule has 0 unspecified atom stereocenters. The van der Waals surface area contributed by atoms with Crippen molar-refractivity contribution in [2.24, 2.45) is 0 Å². The van der Waals surface area contributed by atoms with Gasteiger partial charge in [-0.3, -0.25) is 14.9 Å². The summed E-state index contributed by atoms with van der Waals surface area (Å²) < 4.78 is 34.4. The Balaban J connectivity index is 1.74. The molecule has 1 aliphatic heterocycles. The van der Waals surface area contributed by atoms with Gasteiger partial charge >= 0.3 is 6.09 Å². The molecule has 0 radical (unpaired) electrons. The molecule has 1 saturated carbocycles. The second-order valence-corrected chi connectivity index (χ2v) is 9.19. The number of carbonyl (C=O) groups is 2. The maximum atomic E-state index is 14.7. The average Bonchev–Trinajstić information content (AvgIpc) is 2.64. The van der Waals surface area contributed by atoms with Gasteiger partial charge in [-0.05, 0) is 46.5 Å². The van der Waals surface area contributed by atoms with Crippen LogP contribution in [0.3, 0.4) is 0 Å². The van der Waals surface area contributed by atoms with Crippen LogP contribution in [0.5, 0.6) is 0 Å². The van der Waals surface area contributed by atoms with Crippen molar-refractivity contribution in [2.45, 2.75) is 70.3 Å². The minimum Gasteiger partial charge on any atom is -0.444 e. The third-order valence-corrected chi connectivity index (χ3v) is 5.49. The molecule has 9 nitrogen and oxygen atoms in total. The number of nitro groups is 1. The van der Waals surface area contributed by atoms with Gasteiger partial charge in [0.25, 0.3) is 11.6 Å². The van der Waals surface area contributed by atoms with Gasteiger partial charge in [-0.25, -0.2) is 13.6 Å². The zero-order valence-corrected chi connectivity index (χ0v) is 18.3. The van der Waals surface area contributed by atoms with Crippen LogP contribution >= 0.6 is 0 Å². The van der Waals surface area contributed by atoms with Gasteiger partial charge < -0.3 is 20.3 Å². The molecule has 0 spiro atoms. The van der Waals surface area contributed by atoms with Crippen molar-refractivity contribution < 1.29 is 28.0 Å². The van der Waals surface area contributed by atoms with Crippen LogP contribution in [0.4, 0.5) is 25.0 Å². The molecular weight excluding hydrogens is 426 g/mol. The third-order valence-electron chi connectivity index (χ3n) is 5.49. The van der Waals surface area contributed by atoms with E-state index in [1.807, 2.05) is 0 Å². The fourth-order valence-electron chi connectivity index (χ4n) is 3.57. The lowest BCUT2D eigenvalue weighted by Crippen LogP contribution is -2.55. The van der Waals surface area contributed by atoms with Crippen LogP contribution in [0.1, 0.15) is 56.8 Å². The predicted octanol–water partition coefficient (Wildman–Crippen LogP) is 3.78. The number of anilines is 1. The molecule has 1 saturated heterocycles. The number of likely N-dealkylation sites (tertiary alicyclic amines) is 1. The van der Waals surface area contributed by atoms with E-state index < -0.39 is 51.8 Å². The summed E-state index contributed by atoms with van der Waals surface area (Å²) in [6.07, 6.45) is 0.508. The third kappa shape index (κ3) is 5.63. The van der Waals surface area contributed by atoms with Crippen molar-refractivity contribution in [3.05, 3.63) is 33.6 Å². The zero-order valence-electron chi connectivity index (χ0n) is 18.3. The number of halogens is 2. The van der Waals surface area contributed by atoms with Crippen LogP contribution in [0, 0.1) is 15.9 Å². The number of hydrogen-bond acceptors (Lipinski definition) is 6. The van der Waals surface area contributed by atoms with E-state index in [1.54, 1.807) is 20.8 Å². The predicted molar refractivity (Wildman–Crippen MR) is 113 cm³/mol. The van der Waals surface area contributed by atoms with Crippen molar-refractivity contribution in [1.82, 2.24) is 10.2 Å². The summed E-state index contributed by atoms with van der Waals surface area (Å²) in [5.41, 5.74) is -1.72. The summed E-state index contributed by atoms with van der Waals surface area (Å²) in [5, 5.41) is 16.8. The number of ether oxygens (including phenoxy) is 1. The normalized spacial score (nSPS) is 21.5. The standard InChI is InChI=1S/C21H28F2N4O5/c1-21(2,3)32-20(29)26-8-7-14(22)17(11-26)25-19(28)13-9-18(27(30)31)16(10-15(13)23)24-12-5-4-6-12/h9-10,12,14,17,24H,4-8,11H2,1-3H3,(H,25,28)/t14-,17-/m0/s1. The first-order valence-electron chi connectivity index (χ1n) is 10.6. The lowest BCUT2D eigenvalue weighted by Gasteiger charge is -2.36. The number of nitrogens with zero attached hydrogens (tertiary/aromatic N) is 2. The van der Waals surface area contributed by atoms with Gasteiger partial charge in [0, 0.05) is 31.3 Å². The van der Waals surface area contributed by atoms with E-state index in [0.717, 1.165) is 31.4 Å². The minimum atomic E-state index is -1.46. The van der Waals surface area contributed by atoms with Gasteiger partial charge in [0.05, 0.1) is 16.5 Å². The molecule has 0 bridgehead atoms. The molecule has 0 aromatic heterocycles. The summed E-state index contributed by atoms with van der Waals surface area (Å²) in [5.74, 6) is -1.94. The molecule has 1 heterocycles. The monoisotopic (exact) mass is 454 g/mol. The van der Waals surface area contributed by atoms with E-state index >= 15 is 0 Å². The Morgan fingerprint density at radius 1 is 1.25 bits per heavy atom. The molecule has 2 aliphatic rings. The minimum absolute atomic E-state index is 0.00545. The summed E-state index contributed by atoms with van der Waals surface area (Å²) in [4.78, 5) is 37.0. The number of benzene rings is 1. The van der Waals surface area contributed by atoms with Gasteiger partial charge in [-0.2, -0.15) is 0 Å². The molecule has 1 aromatic rings. The molecule has 176 valence electrons. The van der Waals surface area contributed by atoms with Crippen molar-refractivity contribution in [1.29, 1.82) is 0 Å². The molecule has 2 atom stereocenters. The van der Waals surface area contributed by atoms with Crippen molar-refractivity contribution in [3.63, 3.8) is 0 Å². The summed E-state index contributed by atoms with van der Waals surface area (Å²) in [7, 11) is 0. The first-order chi connectivity index (χ1) is 14.9. The largest absolute Gasteiger partial charge is 0.444 e. The lowest BCUT2D eigenvalue weighted by molar-refractivity contribution is -0.384. The lowest BCUT2D eigenvalue weighted by atomic mass is 9.93. The molecular formula is C21H28F2N4O5. The highest BCUT2D eigenvalue weighted by molar-refractivity contribution is 5.96. The zero-order chi connectivity index (χ0) is 23.6. The van der Waals surface area contributed by atoms with Gasteiger partial charge in [0.1, 0.15) is 23.3 Å². The summed E-state index contributed by atoms with van der Waals surface area (Å²) in [6, 6.07) is 0.704. The Kier molecular flexibility index (Phi) is 6.85.